The van der Waals surface area contributed by atoms with Gasteiger partial charge in [-0.15, -0.1) is 11.3 Å². The van der Waals surface area contributed by atoms with Crippen LogP contribution < -0.4 is 5.32 Å². The zero-order valence-corrected chi connectivity index (χ0v) is 11.2. The summed E-state index contributed by atoms with van der Waals surface area (Å²) in [6.07, 6.45) is 1.90. The van der Waals surface area contributed by atoms with Gasteiger partial charge >= 0.3 is 0 Å². The fourth-order valence-corrected chi connectivity index (χ4v) is 3.04. The van der Waals surface area contributed by atoms with Crippen molar-refractivity contribution in [3.63, 3.8) is 0 Å². The molecule has 16 heavy (non-hydrogen) atoms. The standard InChI is InChI=1S/C12H21N3S/c1-10(11-13-5-7-16-11)8-15-6-4-14-12(2,3)9-15/h5,7,10,14H,4,6,8-9H2,1-3H3. The van der Waals surface area contributed by atoms with E-state index in [-0.39, 0.29) is 5.54 Å². The van der Waals surface area contributed by atoms with Crippen molar-refractivity contribution in [3.8, 4) is 0 Å². The molecule has 0 saturated carbocycles. The van der Waals surface area contributed by atoms with Gasteiger partial charge in [-0.25, -0.2) is 4.98 Å². The molecule has 0 aromatic carbocycles. The predicted octanol–water partition coefficient (Wildman–Crippen LogP) is 1.93. The molecular weight excluding hydrogens is 218 g/mol. The third-order valence-electron chi connectivity index (χ3n) is 3.06. The van der Waals surface area contributed by atoms with Gasteiger partial charge in [-0.2, -0.15) is 0 Å². The number of piperazine rings is 1. The number of aromatic nitrogens is 1. The zero-order valence-electron chi connectivity index (χ0n) is 10.4. The molecule has 4 heteroatoms. The smallest absolute Gasteiger partial charge is 0.0965 e. The highest BCUT2D eigenvalue weighted by Gasteiger charge is 2.26. The lowest BCUT2D eigenvalue weighted by Crippen LogP contribution is -2.57. The molecule has 3 nitrogen and oxygen atoms in total. The quantitative estimate of drug-likeness (QED) is 0.873. The average Bonchev–Trinajstić information content (AvgIpc) is 2.68. The lowest BCUT2D eigenvalue weighted by atomic mass is 10.0. The van der Waals surface area contributed by atoms with Crippen molar-refractivity contribution in [2.75, 3.05) is 26.2 Å². The Morgan fingerprint density at radius 3 is 3.06 bits per heavy atom. The van der Waals surface area contributed by atoms with Crippen molar-refractivity contribution < 1.29 is 0 Å². The molecule has 2 heterocycles. The summed E-state index contributed by atoms with van der Waals surface area (Å²) < 4.78 is 0. The summed E-state index contributed by atoms with van der Waals surface area (Å²) in [6, 6.07) is 0. The van der Waals surface area contributed by atoms with Crippen molar-refractivity contribution in [3.05, 3.63) is 16.6 Å². The van der Waals surface area contributed by atoms with Gasteiger partial charge in [-0.3, -0.25) is 4.90 Å². The molecule has 2 rings (SSSR count). The summed E-state index contributed by atoms with van der Waals surface area (Å²) in [4.78, 5) is 6.94. The van der Waals surface area contributed by atoms with E-state index in [1.165, 1.54) is 5.01 Å². The average molecular weight is 239 g/mol. The highest BCUT2D eigenvalue weighted by atomic mass is 32.1. The fraction of sp³-hybridized carbons (Fsp3) is 0.750. The Labute approximate surface area is 102 Å². The second-order valence-electron chi connectivity index (χ2n) is 5.32. The van der Waals surface area contributed by atoms with E-state index in [0.717, 1.165) is 26.2 Å². The molecule has 0 aliphatic carbocycles. The largest absolute Gasteiger partial charge is 0.309 e. The van der Waals surface area contributed by atoms with Crippen LogP contribution in [-0.2, 0) is 0 Å². The van der Waals surface area contributed by atoms with Crippen molar-refractivity contribution >= 4 is 11.3 Å². The van der Waals surface area contributed by atoms with Crippen molar-refractivity contribution in [1.29, 1.82) is 0 Å². The van der Waals surface area contributed by atoms with Gasteiger partial charge in [0, 0.05) is 49.2 Å². The third kappa shape index (κ3) is 3.03. The lowest BCUT2D eigenvalue weighted by Gasteiger charge is -2.39. The number of nitrogens with zero attached hydrogens (tertiary/aromatic N) is 2. The van der Waals surface area contributed by atoms with E-state index in [0.29, 0.717) is 5.92 Å². The molecule has 1 fully saturated rings. The minimum Gasteiger partial charge on any atom is -0.309 e. The first-order valence-corrected chi connectivity index (χ1v) is 6.81. The third-order valence-corrected chi connectivity index (χ3v) is 4.06. The number of hydrogen-bond donors (Lipinski definition) is 1. The zero-order chi connectivity index (χ0) is 11.6. The Balaban J connectivity index is 1.90. The SMILES string of the molecule is CC(CN1CCNC(C)(C)C1)c1nccs1. The van der Waals surface area contributed by atoms with Crippen LogP contribution in [0.3, 0.4) is 0 Å². The van der Waals surface area contributed by atoms with E-state index < -0.39 is 0 Å². The van der Waals surface area contributed by atoms with Crippen LogP contribution >= 0.6 is 11.3 Å². The molecular formula is C12H21N3S. The maximum atomic E-state index is 4.39. The molecule has 0 amide bonds. The van der Waals surface area contributed by atoms with Crippen LogP contribution in [0, 0.1) is 0 Å². The van der Waals surface area contributed by atoms with Crippen molar-refractivity contribution in [1.82, 2.24) is 15.2 Å². The molecule has 1 unspecified atom stereocenters. The molecule has 1 atom stereocenters. The van der Waals surface area contributed by atoms with Crippen LogP contribution in [0.2, 0.25) is 0 Å². The van der Waals surface area contributed by atoms with Crippen LogP contribution in [0.5, 0.6) is 0 Å². The molecule has 90 valence electrons. The first-order chi connectivity index (χ1) is 7.57. The maximum Gasteiger partial charge on any atom is 0.0965 e. The van der Waals surface area contributed by atoms with Crippen LogP contribution in [0.25, 0.3) is 0 Å². The van der Waals surface area contributed by atoms with Crippen LogP contribution in [0.4, 0.5) is 0 Å². The summed E-state index contributed by atoms with van der Waals surface area (Å²) in [5, 5.41) is 6.87. The van der Waals surface area contributed by atoms with Crippen LogP contribution in [0.1, 0.15) is 31.7 Å². The molecule has 1 aliphatic rings. The molecule has 1 aromatic rings. The Morgan fingerprint density at radius 1 is 1.62 bits per heavy atom. The maximum absolute atomic E-state index is 4.39. The Morgan fingerprint density at radius 2 is 2.44 bits per heavy atom. The number of nitrogens with one attached hydrogen (secondary N) is 1. The molecule has 1 aromatic heterocycles. The minimum absolute atomic E-state index is 0.251. The van der Waals surface area contributed by atoms with E-state index in [1.807, 2.05) is 6.20 Å². The second kappa shape index (κ2) is 4.82. The van der Waals surface area contributed by atoms with E-state index >= 15 is 0 Å². The molecule has 0 spiro atoms. The van der Waals surface area contributed by atoms with Crippen molar-refractivity contribution in [2.45, 2.75) is 32.2 Å². The monoisotopic (exact) mass is 239 g/mol. The highest BCUT2D eigenvalue weighted by molar-refractivity contribution is 7.09. The van der Waals surface area contributed by atoms with E-state index in [9.17, 15) is 0 Å². The van der Waals surface area contributed by atoms with Crippen LogP contribution in [-0.4, -0.2) is 41.6 Å². The van der Waals surface area contributed by atoms with Gasteiger partial charge in [0.15, 0.2) is 0 Å². The normalized spacial score (nSPS) is 23.2. The van der Waals surface area contributed by atoms with Gasteiger partial charge in [-0.05, 0) is 13.8 Å². The van der Waals surface area contributed by atoms with Gasteiger partial charge < -0.3 is 5.32 Å². The van der Waals surface area contributed by atoms with E-state index in [4.69, 9.17) is 0 Å². The van der Waals surface area contributed by atoms with Gasteiger partial charge in [0.25, 0.3) is 0 Å². The Hall–Kier alpha value is -0.450. The second-order valence-corrected chi connectivity index (χ2v) is 6.24. The van der Waals surface area contributed by atoms with Gasteiger partial charge in [-0.1, -0.05) is 6.92 Å². The molecule has 1 N–H and O–H groups in total. The van der Waals surface area contributed by atoms with E-state index in [2.05, 4.69) is 41.4 Å². The lowest BCUT2D eigenvalue weighted by molar-refractivity contribution is 0.149. The molecule has 0 radical (unpaired) electrons. The van der Waals surface area contributed by atoms with E-state index in [1.54, 1.807) is 11.3 Å². The van der Waals surface area contributed by atoms with Gasteiger partial charge in [0.1, 0.15) is 0 Å². The fourth-order valence-electron chi connectivity index (χ4n) is 2.35. The Kier molecular flexibility index (Phi) is 3.62. The van der Waals surface area contributed by atoms with Gasteiger partial charge in [0.05, 0.1) is 5.01 Å². The number of hydrogen-bond acceptors (Lipinski definition) is 4. The highest BCUT2D eigenvalue weighted by Crippen LogP contribution is 2.20. The van der Waals surface area contributed by atoms with Crippen LogP contribution in [0.15, 0.2) is 11.6 Å². The first-order valence-electron chi connectivity index (χ1n) is 5.94. The summed E-state index contributed by atoms with van der Waals surface area (Å²) in [5.74, 6) is 0.550. The summed E-state index contributed by atoms with van der Waals surface area (Å²) >= 11 is 1.77. The number of thiazole rings is 1. The summed E-state index contributed by atoms with van der Waals surface area (Å²) in [6.45, 7) is 11.3. The Bertz CT molecular complexity index is 321. The molecule has 1 aliphatic heterocycles. The van der Waals surface area contributed by atoms with Gasteiger partial charge in [0.2, 0.25) is 0 Å². The molecule has 0 bridgehead atoms. The topological polar surface area (TPSA) is 28.2 Å². The summed E-state index contributed by atoms with van der Waals surface area (Å²) in [5.41, 5.74) is 0.251. The first kappa shape index (κ1) is 12.0. The predicted molar refractivity (Wildman–Crippen MR) is 69.1 cm³/mol. The molecule has 1 saturated heterocycles. The minimum atomic E-state index is 0.251. The summed E-state index contributed by atoms with van der Waals surface area (Å²) in [7, 11) is 0. The number of rotatable bonds is 3. The van der Waals surface area contributed by atoms with Crippen molar-refractivity contribution in [2.24, 2.45) is 0 Å².